The number of ether oxygens (including phenoxy) is 1. The van der Waals surface area contributed by atoms with Crippen molar-refractivity contribution >= 4 is 18.0 Å². The zero-order valence-corrected chi connectivity index (χ0v) is 12.6. The monoisotopic (exact) mass is 291 g/mol. The highest BCUT2D eigenvalue weighted by atomic mass is 16.5. The number of rotatable bonds is 7. The summed E-state index contributed by atoms with van der Waals surface area (Å²) in [6, 6.07) is 5.22. The van der Waals surface area contributed by atoms with Gasteiger partial charge in [0.15, 0.2) is 0 Å². The van der Waals surface area contributed by atoms with Crippen LogP contribution in [0.1, 0.15) is 28.4 Å². The van der Waals surface area contributed by atoms with Gasteiger partial charge in [-0.2, -0.15) is 0 Å². The standard InChI is InChI=1S/C16H21NO4/c1-4-21-10-9-17(3)16(20)14-6-5-13(12(2)11-14)7-8-15(18)19/h5-8,11H,4,9-10H2,1-3H3,(H,18,19)/b8-7+. The van der Waals surface area contributed by atoms with Gasteiger partial charge >= 0.3 is 5.97 Å². The van der Waals surface area contributed by atoms with Crippen LogP contribution in [0.4, 0.5) is 0 Å². The molecule has 0 radical (unpaired) electrons. The van der Waals surface area contributed by atoms with Crippen LogP contribution in [0.3, 0.4) is 0 Å². The third kappa shape index (κ3) is 5.39. The highest BCUT2D eigenvalue weighted by Crippen LogP contribution is 2.14. The number of aliphatic carboxylic acids is 1. The molecule has 21 heavy (non-hydrogen) atoms. The van der Waals surface area contributed by atoms with Gasteiger partial charge in [0, 0.05) is 31.8 Å². The Bertz CT molecular complexity index is 537. The minimum atomic E-state index is -0.995. The second kappa shape index (κ2) is 8.21. The molecule has 1 aromatic rings. The first-order valence-electron chi connectivity index (χ1n) is 6.80. The van der Waals surface area contributed by atoms with E-state index in [9.17, 15) is 9.59 Å². The van der Waals surface area contributed by atoms with Crippen LogP contribution in [0.15, 0.2) is 24.3 Å². The van der Waals surface area contributed by atoms with Gasteiger partial charge in [0.05, 0.1) is 6.61 Å². The van der Waals surface area contributed by atoms with Crippen LogP contribution in [0.5, 0.6) is 0 Å². The second-order valence-corrected chi connectivity index (χ2v) is 4.67. The fourth-order valence-electron chi connectivity index (χ4n) is 1.82. The number of carbonyl (C=O) groups is 2. The van der Waals surface area contributed by atoms with E-state index in [1.165, 1.54) is 6.08 Å². The summed E-state index contributed by atoms with van der Waals surface area (Å²) in [4.78, 5) is 24.3. The molecule has 0 fully saturated rings. The van der Waals surface area contributed by atoms with Gasteiger partial charge in [-0.05, 0) is 43.2 Å². The van der Waals surface area contributed by atoms with Crippen molar-refractivity contribution in [3.05, 3.63) is 41.0 Å². The molecule has 0 saturated carbocycles. The Morgan fingerprint density at radius 3 is 2.67 bits per heavy atom. The Kier molecular flexibility index (Phi) is 6.62. The summed E-state index contributed by atoms with van der Waals surface area (Å²) in [5.74, 6) is -1.07. The zero-order valence-electron chi connectivity index (χ0n) is 12.6. The van der Waals surface area contributed by atoms with E-state index in [1.807, 2.05) is 13.8 Å². The van der Waals surface area contributed by atoms with Crippen LogP contribution in [0.2, 0.25) is 0 Å². The van der Waals surface area contributed by atoms with E-state index < -0.39 is 5.97 Å². The first kappa shape index (κ1) is 16.9. The molecule has 0 aliphatic carbocycles. The van der Waals surface area contributed by atoms with Gasteiger partial charge in [-0.1, -0.05) is 6.07 Å². The highest BCUT2D eigenvalue weighted by molar-refractivity contribution is 5.94. The predicted octanol–water partition coefficient (Wildman–Crippen LogP) is 2.20. The van der Waals surface area contributed by atoms with Crippen molar-refractivity contribution in [3.8, 4) is 0 Å². The molecule has 5 nitrogen and oxygen atoms in total. The molecule has 1 aromatic carbocycles. The normalized spacial score (nSPS) is 10.8. The molecular weight excluding hydrogens is 270 g/mol. The molecule has 0 bridgehead atoms. The van der Waals surface area contributed by atoms with Crippen molar-refractivity contribution in [3.63, 3.8) is 0 Å². The molecule has 5 heteroatoms. The Hall–Kier alpha value is -2.14. The van der Waals surface area contributed by atoms with E-state index in [-0.39, 0.29) is 5.91 Å². The SMILES string of the molecule is CCOCCN(C)C(=O)c1ccc(/C=C/C(=O)O)c(C)c1. The van der Waals surface area contributed by atoms with E-state index in [4.69, 9.17) is 9.84 Å². The maximum absolute atomic E-state index is 12.2. The third-order valence-electron chi connectivity index (χ3n) is 3.04. The summed E-state index contributed by atoms with van der Waals surface area (Å²) < 4.78 is 5.23. The van der Waals surface area contributed by atoms with Crippen LogP contribution < -0.4 is 0 Å². The van der Waals surface area contributed by atoms with Crippen molar-refractivity contribution in [2.75, 3.05) is 26.8 Å². The van der Waals surface area contributed by atoms with Gasteiger partial charge in [-0.25, -0.2) is 4.79 Å². The summed E-state index contributed by atoms with van der Waals surface area (Å²) >= 11 is 0. The lowest BCUT2D eigenvalue weighted by Gasteiger charge is -2.17. The number of likely N-dealkylation sites (N-methyl/N-ethyl adjacent to an activating group) is 1. The molecule has 1 amide bonds. The number of carboxylic acid groups (broad SMARTS) is 1. The fraction of sp³-hybridized carbons (Fsp3) is 0.375. The molecule has 0 aliphatic heterocycles. The fourth-order valence-corrected chi connectivity index (χ4v) is 1.82. The van der Waals surface area contributed by atoms with E-state index >= 15 is 0 Å². The lowest BCUT2D eigenvalue weighted by molar-refractivity contribution is -0.131. The summed E-state index contributed by atoms with van der Waals surface area (Å²) in [6.45, 7) is 5.43. The lowest BCUT2D eigenvalue weighted by Crippen LogP contribution is -2.30. The first-order valence-corrected chi connectivity index (χ1v) is 6.80. The van der Waals surface area contributed by atoms with Crippen molar-refractivity contribution in [1.82, 2.24) is 4.90 Å². The maximum Gasteiger partial charge on any atom is 0.328 e. The van der Waals surface area contributed by atoms with E-state index in [1.54, 1.807) is 30.1 Å². The number of carboxylic acids is 1. The van der Waals surface area contributed by atoms with Crippen LogP contribution in [0.25, 0.3) is 6.08 Å². The zero-order chi connectivity index (χ0) is 15.8. The molecule has 0 spiro atoms. The molecule has 1 rings (SSSR count). The molecule has 0 saturated heterocycles. The van der Waals surface area contributed by atoms with Gasteiger partial charge in [-0.3, -0.25) is 4.79 Å². The molecule has 0 unspecified atom stereocenters. The second-order valence-electron chi connectivity index (χ2n) is 4.67. The van der Waals surface area contributed by atoms with Gasteiger partial charge in [0.1, 0.15) is 0 Å². The van der Waals surface area contributed by atoms with Gasteiger partial charge < -0.3 is 14.7 Å². The minimum absolute atomic E-state index is 0.0773. The first-order chi connectivity index (χ1) is 9.95. The average Bonchev–Trinajstić information content (AvgIpc) is 2.45. The Morgan fingerprint density at radius 2 is 2.10 bits per heavy atom. The summed E-state index contributed by atoms with van der Waals surface area (Å²) in [5.41, 5.74) is 2.22. The predicted molar refractivity (Wildman–Crippen MR) is 81.3 cm³/mol. The number of benzene rings is 1. The number of amides is 1. The maximum atomic E-state index is 12.2. The van der Waals surface area contributed by atoms with Crippen LogP contribution in [0, 0.1) is 6.92 Å². The molecule has 0 heterocycles. The molecule has 1 N–H and O–H groups in total. The number of nitrogens with zero attached hydrogens (tertiary/aromatic N) is 1. The largest absolute Gasteiger partial charge is 0.478 e. The van der Waals surface area contributed by atoms with E-state index in [0.717, 1.165) is 17.2 Å². The van der Waals surface area contributed by atoms with Crippen molar-refractivity contribution in [2.45, 2.75) is 13.8 Å². The topological polar surface area (TPSA) is 66.8 Å². The van der Waals surface area contributed by atoms with Crippen LogP contribution in [-0.4, -0.2) is 48.7 Å². The van der Waals surface area contributed by atoms with Gasteiger partial charge in [0.2, 0.25) is 0 Å². The Morgan fingerprint density at radius 1 is 1.38 bits per heavy atom. The van der Waals surface area contributed by atoms with Crippen LogP contribution in [-0.2, 0) is 9.53 Å². The number of aryl methyl sites for hydroxylation is 1. The summed E-state index contributed by atoms with van der Waals surface area (Å²) in [6.07, 6.45) is 2.60. The van der Waals surface area contributed by atoms with Crippen molar-refractivity contribution in [2.24, 2.45) is 0 Å². The molecule has 0 atom stereocenters. The molecule has 0 aliphatic rings. The quantitative estimate of drug-likeness (QED) is 0.618. The number of hydrogen-bond acceptors (Lipinski definition) is 3. The van der Waals surface area contributed by atoms with Gasteiger partial charge in [0.25, 0.3) is 5.91 Å². The summed E-state index contributed by atoms with van der Waals surface area (Å²) in [7, 11) is 1.73. The highest BCUT2D eigenvalue weighted by Gasteiger charge is 2.12. The van der Waals surface area contributed by atoms with Crippen LogP contribution >= 0.6 is 0 Å². The van der Waals surface area contributed by atoms with E-state index in [2.05, 4.69) is 0 Å². The number of hydrogen-bond donors (Lipinski definition) is 1. The van der Waals surface area contributed by atoms with Gasteiger partial charge in [-0.15, -0.1) is 0 Å². The smallest absolute Gasteiger partial charge is 0.328 e. The van der Waals surface area contributed by atoms with Crippen molar-refractivity contribution in [1.29, 1.82) is 0 Å². The average molecular weight is 291 g/mol. The minimum Gasteiger partial charge on any atom is -0.478 e. The Balaban J connectivity index is 2.78. The molecule has 114 valence electrons. The molecule has 0 aromatic heterocycles. The third-order valence-corrected chi connectivity index (χ3v) is 3.04. The number of carbonyl (C=O) groups excluding carboxylic acids is 1. The van der Waals surface area contributed by atoms with E-state index in [0.29, 0.717) is 25.3 Å². The van der Waals surface area contributed by atoms with Crippen molar-refractivity contribution < 1.29 is 19.4 Å². The Labute approximate surface area is 124 Å². The molecular formula is C16H21NO4. The lowest BCUT2D eigenvalue weighted by atomic mass is 10.0. The summed E-state index contributed by atoms with van der Waals surface area (Å²) in [5, 5.41) is 8.62.